The van der Waals surface area contributed by atoms with E-state index in [0.29, 0.717) is 49.1 Å². The van der Waals surface area contributed by atoms with Crippen LogP contribution in [0.25, 0.3) is 17.2 Å². The van der Waals surface area contributed by atoms with E-state index in [1.54, 1.807) is 39.8 Å². The van der Waals surface area contributed by atoms with Crippen LogP contribution in [0.1, 0.15) is 55.6 Å². The number of hydrogen-bond donors (Lipinski definition) is 2. The summed E-state index contributed by atoms with van der Waals surface area (Å²) in [4.78, 5) is 55.2. The first kappa shape index (κ1) is 30.1. The van der Waals surface area contributed by atoms with Gasteiger partial charge in [-0.2, -0.15) is 21.8 Å². The van der Waals surface area contributed by atoms with Crippen molar-refractivity contribution in [2.45, 2.75) is 51.7 Å². The van der Waals surface area contributed by atoms with Crippen molar-refractivity contribution in [3.63, 3.8) is 0 Å². The molecule has 14 heteroatoms. The number of aromatic nitrogens is 7. The average Bonchev–Trinajstić information content (AvgIpc) is 3.64. The summed E-state index contributed by atoms with van der Waals surface area (Å²) in [7, 11) is 0. The van der Waals surface area contributed by atoms with Crippen LogP contribution in [0.2, 0.25) is 0 Å². The second kappa shape index (κ2) is 13.8. The summed E-state index contributed by atoms with van der Waals surface area (Å²) < 4.78 is 3.23. The van der Waals surface area contributed by atoms with E-state index in [1.165, 1.54) is 4.52 Å². The maximum absolute atomic E-state index is 13.7. The Kier molecular flexibility index (Phi) is 9.65. The predicted molar refractivity (Wildman–Crippen MR) is 162 cm³/mol. The van der Waals surface area contributed by atoms with Crippen molar-refractivity contribution in [3.8, 4) is 11.4 Å². The van der Waals surface area contributed by atoms with Crippen molar-refractivity contribution in [1.29, 1.82) is 0 Å². The zero-order valence-corrected chi connectivity index (χ0v) is 25.3. The lowest BCUT2D eigenvalue weighted by molar-refractivity contribution is -0.129. The summed E-state index contributed by atoms with van der Waals surface area (Å²) >= 11 is 1.61. The molecule has 2 N–H and O–H groups in total. The lowest BCUT2D eigenvalue weighted by Crippen LogP contribution is -2.49. The molecule has 5 rings (SSSR count). The zero-order valence-electron chi connectivity index (χ0n) is 24.5. The number of carbonyl (C=O) groups excluding carboxylic acids is 3. The predicted octanol–water partition coefficient (Wildman–Crippen LogP) is 2.37. The highest BCUT2D eigenvalue weighted by Crippen LogP contribution is 2.25. The Hall–Kier alpha value is -4.33. The number of benzene rings is 1. The van der Waals surface area contributed by atoms with Crippen LogP contribution in [-0.4, -0.2) is 88.1 Å². The van der Waals surface area contributed by atoms with Crippen LogP contribution in [0.5, 0.6) is 0 Å². The van der Waals surface area contributed by atoms with Gasteiger partial charge in [0.05, 0.1) is 12.6 Å². The summed E-state index contributed by atoms with van der Waals surface area (Å²) in [5, 5.41) is 15.2. The highest BCUT2D eigenvalue weighted by Gasteiger charge is 2.30. The zero-order chi connectivity index (χ0) is 30.3. The fourth-order valence-electron chi connectivity index (χ4n) is 4.94. The van der Waals surface area contributed by atoms with Crippen LogP contribution in [0, 0.1) is 5.92 Å². The van der Waals surface area contributed by atoms with Crippen LogP contribution >= 0.6 is 11.8 Å². The monoisotopic (exact) mass is 604 g/mol. The number of carbonyl (C=O) groups is 3. The molecule has 0 fully saturated rings. The van der Waals surface area contributed by atoms with Crippen molar-refractivity contribution in [2.75, 3.05) is 25.1 Å². The summed E-state index contributed by atoms with van der Waals surface area (Å²) in [5.41, 5.74) is 0.841. The lowest BCUT2D eigenvalue weighted by atomic mass is 10.0. The largest absolute Gasteiger partial charge is 0.344 e. The molecule has 4 aromatic rings. The summed E-state index contributed by atoms with van der Waals surface area (Å²) in [6, 6.07) is 10.2. The topological polar surface area (TPSA) is 152 Å². The second-order valence-electron chi connectivity index (χ2n) is 10.7. The molecule has 1 aromatic carbocycles. The van der Waals surface area contributed by atoms with E-state index in [2.05, 4.69) is 25.7 Å². The number of hydrogen-bond acceptors (Lipinski definition) is 9. The molecule has 0 spiro atoms. The molecule has 3 amide bonds. The average molecular weight is 605 g/mol. The molecule has 1 aliphatic rings. The van der Waals surface area contributed by atoms with Gasteiger partial charge in [0.25, 0.3) is 11.7 Å². The number of nitrogens with zero attached hydrogens (tertiary/aromatic N) is 8. The Morgan fingerprint density at radius 2 is 1.86 bits per heavy atom. The Morgan fingerprint density at radius 3 is 2.60 bits per heavy atom. The molecule has 4 heterocycles. The van der Waals surface area contributed by atoms with Crippen LogP contribution in [0.4, 0.5) is 0 Å². The smallest absolute Gasteiger partial charge is 0.293 e. The minimum absolute atomic E-state index is 0.0255. The standard InChI is InChI=1S/C29H36N10O3S/c1-19(2)23-26-33-24(20-9-5-4-6-10-20)35-38(26)17-16-37(28(42)25-34-29-30-13-8-15-39(29)36-25)14-7-11-22(40)31-21(12-18-43-3)27(41)32-23/h4-6,8-10,13,15,19,21,23H,7,11-12,14,16-18H2,1-3H3,(H,31,40)(H,32,41)/t21-,23+/m0/s1. The molecule has 43 heavy (non-hydrogen) atoms. The fourth-order valence-corrected chi connectivity index (χ4v) is 5.41. The van der Waals surface area contributed by atoms with Gasteiger partial charge in [-0.3, -0.25) is 14.4 Å². The van der Waals surface area contributed by atoms with Gasteiger partial charge in [0.15, 0.2) is 11.6 Å². The molecule has 13 nitrogen and oxygen atoms in total. The molecule has 0 saturated heterocycles. The molecule has 3 aromatic heterocycles. The Morgan fingerprint density at radius 1 is 1.05 bits per heavy atom. The first-order chi connectivity index (χ1) is 20.8. The van der Waals surface area contributed by atoms with Gasteiger partial charge in [0.2, 0.25) is 17.6 Å². The third-order valence-electron chi connectivity index (χ3n) is 7.25. The molecule has 0 aliphatic carbocycles. The van der Waals surface area contributed by atoms with E-state index in [1.807, 2.05) is 50.4 Å². The number of rotatable bonds is 6. The van der Waals surface area contributed by atoms with Crippen LogP contribution in [0.15, 0.2) is 48.8 Å². The minimum atomic E-state index is -0.693. The number of fused-ring (bicyclic) bond motifs is 2. The number of nitrogens with one attached hydrogen (secondary N) is 2. The van der Waals surface area contributed by atoms with E-state index in [4.69, 9.17) is 10.1 Å². The van der Waals surface area contributed by atoms with Gasteiger partial charge in [-0.25, -0.2) is 19.2 Å². The second-order valence-corrected chi connectivity index (χ2v) is 11.7. The van der Waals surface area contributed by atoms with Crippen LogP contribution < -0.4 is 10.6 Å². The summed E-state index contributed by atoms with van der Waals surface area (Å²) in [6.07, 6.45) is 6.28. The molecule has 1 aliphatic heterocycles. The quantitative estimate of drug-likeness (QED) is 0.338. The van der Waals surface area contributed by atoms with Crippen molar-refractivity contribution < 1.29 is 14.4 Å². The molecule has 226 valence electrons. The fraction of sp³-hybridized carbons (Fsp3) is 0.448. The highest BCUT2D eigenvalue weighted by molar-refractivity contribution is 7.98. The van der Waals surface area contributed by atoms with Gasteiger partial charge in [-0.1, -0.05) is 44.2 Å². The molecular weight excluding hydrogens is 568 g/mol. The normalized spacial score (nSPS) is 18.7. The maximum Gasteiger partial charge on any atom is 0.293 e. The highest BCUT2D eigenvalue weighted by atomic mass is 32.2. The van der Waals surface area contributed by atoms with Gasteiger partial charge < -0.3 is 15.5 Å². The Labute approximate surface area is 253 Å². The summed E-state index contributed by atoms with van der Waals surface area (Å²) in [5.74, 6) is 1.27. The van der Waals surface area contributed by atoms with Crippen LogP contribution in [0.3, 0.4) is 0 Å². The van der Waals surface area contributed by atoms with Crippen LogP contribution in [-0.2, 0) is 16.1 Å². The Balaban J connectivity index is 1.51. The molecular formula is C29H36N10O3S. The van der Waals surface area contributed by atoms with E-state index >= 15 is 0 Å². The van der Waals surface area contributed by atoms with Crippen molar-refractivity contribution >= 4 is 35.3 Å². The first-order valence-corrected chi connectivity index (χ1v) is 15.8. The maximum atomic E-state index is 13.7. The van der Waals surface area contributed by atoms with E-state index < -0.39 is 12.1 Å². The molecule has 0 saturated carbocycles. The van der Waals surface area contributed by atoms with Crippen molar-refractivity contribution in [1.82, 2.24) is 49.9 Å². The molecule has 0 unspecified atom stereocenters. The van der Waals surface area contributed by atoms with E-state index in [-0.39, 0.29) is 42.4 Å². The Bertz CT molecular complexity index is 1540. The molecule has 2 atom stereocenters. The third kappa shape index (κ3) is 7.19. The van der Waals surface area contributed by atoms with Gasteiger partial charge in [0, 0.05) is 37.5 Å². The van der Waals surface area contributed by atoms with Gasteiger partial charge in [0.1, 0.15) is 6.04 Å². The number of amides is 3. The number of thioether (sulfide) groups is 1. The van der Waals surface area contributed by atoms with E-state index in [9.17, 15) is 14.4 Å². The third-order valence-corrected chi connectivity index (χ3v) is 7.89. The van der Waals surface area contributed by atoms with Gasteiger partial charge >= 0.3 is 0 Å². The minimum Gasteiger partial charge on any atom is -0.344 e. The molecule has 0 bridgehead atoms. The van der Waals surface area contributed by atoms with Crippen molar-refractivity contribution in [3.05, 3.63) is 60.4 Å². The van der Waals surface area contributed by atoms with Gasteiger partial charge in [-0.15, -0.1) is 5.10 Å². The van der Waals surface area contributed by atoms with Gasteiger partial charge in [-0.05, 0) is 36.8 Å². The first-order valence-electron chi connectivity index (χ1n) is 14.4. The lowest BCUT2D eigenvalue weighted by Gasteiger charge is -2.27. The van der Waals surface area contributed by atoms with Crippen molar-refractivity contribution in [2.24, 2.45) is 5.92 Å². The summed E-state index contributed by atoms with van der Waals surface area (Å²) in [6.45, 7) is 4.88. The SMILES string of the molecule is CSCC[C@@H]1NC(=O)CCCN(C(=O)c2nc3ncccn3n2)CCn2nc(-c3ccccc3)nc2[C@@H](C(C)C)NC1=O. The van der Waals surface area contributed by atoms with E-state index in [0.717, 1.165) is 5.56 Å². The molecule has 0 radical (unpaired) electrons.